The fourth-order valence-corrected chi connectivity index (χ4v) is 4.48. The average molecular weight is 501 g/mol. The van der Waals surface area contributed by atoms with Crippen LogP contribution in [0.25, 0.3) is 0 Å². The standard InChI is InChI=1S/C27H60N6O2/c1-16(2)14-22(32-26(34)20(9)12-11-13-30-19(7)8)25(29)31-23(15-17(3)4)27(35)33-24(18(5)6)21(10)28/h16-25,27,30-31,33,35H,11-15,28-29H2,1-10H3,(H,32,34). The monoisotopic (exact) mass is 500 g/mol. The van der Waals surface area contributed by atoms with Crippen molar-refractivity contribution in [1.29, 1.82) is 0 Å². The Labute approximate surface area is 216 Å². The van der Waals surface area contributed by atoms with E-state index in [-0.39, 0.29) is 41.9 Å². The molecule has 0 aromatic heterocycles. The molecule has 9 N–H and O–H groups in total. The Morgan fingerprint density at radius 2 is 1.37 bits per heavy atom. The smallest absolute Gasteiger partial charge is 0.223 e. The minimum Gasteiger partial charge on any atom is -0.377 e. The molecule has 0 aliphatic heterocycles. The van der Waals surface area contributed by atoms with Gasteiger partial charge >= 0.3 is 0 Å². The van der Waals surface area contributed by atoms with Gasteiger partial charge in [0.25, 0.3) is 0 Å². The van der Waals surface area contributed by atoms with Crippen LogP contribution in [0.1, 0.15) is 94.9 Å². The molecule has 0 bridgehead atoms. The van der Waals surface area contributed by atoms with Crippen LogP contribution in [-0.4, -0.2) is 60.2 Å². The largest absolute Gasteiger partial charge is 0.377 e. The number of carbonyl (C=O) groups excluding carboxylic acids is 1. The normalized spacial score (nSPS) is 18.5. The number of carbonyl (C=O) groups is 1. The SMILES string of the molecule is CC(C)CC(NC(=O)C(C)CCCNC(C)C)C(N)NC(CC(C)C)C(O)NC(C(C)C)C(C)N. The lowest BCUT2D eigenvalue weighted by atomic mass is 9.95. The molecule has 0 aliphatic rings. The Hall–Kier alpha value is -0.770. The molecule has 210 valence electrons. The van der Waals surface area contributed by atoms with Gasteiger partial charge in [0.15, 0.2) is 0 Å². The third kappa shape index (κ3) is 15.2. The number of hydrogen-bond acceptors (Lipinski definition) is 7. The quantitative estimate of drug-likeness (QED) is 0.107. The maximum absolute atomic E-state index is 13.0. The molecule has 0 saturated carbocycles. The minimum atomic E-state index is -0.801. The Morgan fingerprint density at radius 3 is 1.83 bits per heavy atom. The third-order valence-electron chi connectivity index (χ3n) is 6.46. The Kier molecular flexibility index (Phi) is 17.3. The van der Waals surface area contributed by atoms with Gasteiger partial charge in [-0.1, -0.05) is 62.3 Å². The molecule has 0 aromatic carbocycles. The van der Waals surface area contributed by atoms with Gasteiger partial charge in [-0.15, -0.1) is 0 Å². The summed E-state index contributed by atoms with van der Waals surface area (Å²) in [5, 5.41) is 24.5. The lowest BCUT2D eigenvalue weighted by Gasteiger charge is -2.37. The number of amides is 1. The summed E-state index contributed by atoms with van der Waals surface area (Å²) in [5.41, 5.74) is 12.8. The Balaban J connectivity index is 5.28. The summed E-state index contributed by atoms with van der Waals surface area (Å²) in [6.07, 6.45) is 2.00. The van der Waals surface area contributed by atoms with Crippen LogP contribution in [0.15, 0.2) is 0 Å². The summed E-state index contributed by atoms with van der Waals surface area (Å²) < 4.78 is 0. The molecular formula is C27H60N6O2. The maximum Gasteiger partial charge on any atom is 0.223 e. The van der Waals surface area contributed by atoms with E-state index in [0.717, 1.165) is 32.2 Å². The molecule has 8 nitrogen and oxygen atoms in total. The van der Waals surface area contributed by atoms with Gasteiger partial charge in [-0.05, 0) is 56.9 Å². The van der Waals surface area contributed by atoms with Crippen LogP contribution in [-0.2, 0) is 4.79 Å². The predicted molar refractivity (Wildman–Crippen MR) is 149 cm³/mol. The molecular weight excluding hydrogens is 440 g/mol. The van der Waals surface area contributed by atoms with E-state index in [0.29, 0.717) is 17.9 Å². The highest BCUT2D eigenvalue weighted by molar-refractivity contribution is 5.78. The first-order chi connectivity index (χ1) is 16.1. The topological polar surface area (TPSA) is 137 Å². The van der Waals surface area contributed by atoms with Gasteiger partial charge in [0.05, 0.1) is 12.2 Å². The van der Waals surface area contributed by atoms with Crippen molar-refractivity contribution in [1.82, 2.24) is 21.3 Å². The zero-order chi connectivity index (χ0) is 27.3. The van der Waals surface area contributed by atoms with Crippen molar-refractivity contribution in [3.8, 4) is 0 Å². The van der Waals surface area contributed by atoms with Crippen molar-refractivity contribution in [2.24, 2.45) is 35.1 Å². The summed E-state index contributed by atoms with van der Waals surface area (Å²) in [6.45, 7) is 21.8. The number of nitrogens with two attached hydrogens (primary N) is 2. The molecule has 0 fully saturated rings. The van der Waals surface area contributed by atoms with E-state index in [1.54, 1.807) is 0 Å². The summed E-state index contributed by atoms with van der Waals surface area (Å²) in [4.78, 5) is 13.0. The lowest BCUT2D eigenvalue weighted by molar-refractivity contribution is -0.125. The van der Waals surface area contributed by atoms with Crippen molar-refractivity contribution < 1.29 is 9.90 Å². The second-order valence-corrected chi connectivity index (χ2v) is 12.1. The van der Waals surface area contributed by atoms with Gasteiger partial charge in [-0.2, -0.15) is 0 Å². The first kappa shape index (κ1) is 34.2. The second kappa shape index (κ2) is 17.6. The molecule has 0 spiro atoms. The average Bonchev–Trinajstić information content (AvgIpc) is 2.72. The van der Waals surface area contributed by atoms with Crippen molar-refractivity contribution in [3.63, 3.8) is 0 Å². The second-order valence-electron chi connectivity index (χ2n) is 12.1. The van der Waals surface area contributed by atoms with Gasteiger partial charge < -0.3 is 27.2 Å². The van der Waals surface area contributed by atoms with Gasteiger partial charge in [-0.3, -0.25) is 15.4 Å². The third-order valence-corrected chi connectivity index (χ3v) is 6.46. The van der Waals surface area contributed by atoms with Crippen LogP contribution in [0.3, 0.4) is 0 Å². The first-order valence-corrected chi connectivity index (χ1v) is 13.9. The molecule has 0 radical (unpaired) electrons. The lowest BCUT2D eigenvalue weighted by Crippen LogP contribution is -2.64. The number of rotatable bonds is 19. The van der Waals surface area contributed by atoms with E-state index in [4.69, 9.17) is 11.5 Å². The molecule has 0 aliphatic carbocycles. The van der Waals surface area contributed by atoms with Crippen molar-refractivity contribution in [2.75, 3.05) is 6.54 Å². The first-order valence-electron chi connectivity index (χ1n) is 13.9. The number of hydrogen-bond donors (Lipinski definition) is 7. The van der Waals surface area contributed by atoms with Crippen LogP contribution >= 0.6 is 0 Å². The van der Waals surface area contributed by atoms with Crippen LogP contribution in [0.4, 0.5) is 0 Å². The number of aliphatic hydroxyl groups is 1. The van der Waals surface area contributed by atoms with Crippen LogP contribution in [0.5, 0.6) is 0 Å². The van der Waals surface area contributed by atoms with E-state index >= 15 is 0 Å². The number of aliphatic hydroxyl groups excluding tert-OH is 1. The highest BCUT2D eigenvalue weighted by atomic mass is 16.3. The zero-order valence-electron chi connectivity index (χ0n) is 24.4. The van der Waals surface area contributed by atoms with Gasteiger partial charge in [0, 0.05) is 30.1 Å². The van der Waals surface area contributed by atoms with Crippen LogP contribution in [0, 0.1) is 23.7 Å². The molecule has 7 atom stereocenters. The highest BCUT2D eigenvalue weighted by Crippen LogP contribution is 2.15. The van der Waals surface area contributed by atoms with Crippen molar-refractivity contribution >= 4 is 5.91 Å². The molecule has 0 aromatic rings. The van der Waals surface area contributed by atoms with E-state index < -0.39 is 12.4 Å². The van der Waals surface area contributed by atoms with E-state index in [9.17, 15) is 9.90 Å². The molecule has 0 heterocycles. The van der Waals surface area contributed by atoms with Crippen LogP contribution < -0.4 is 32.7 Å². The summed E-state index contributed by atoms with van der Waals surface area (Å²) in [6, 6.07) is -0.157. The fraction of sp³-hybridized carbons (Fsp3) is 0.963. The molecule has 7 unspecified atom stereocenters. The molecule has 0 saturated heterocycles. The maximum atomic E-state index is 13.0. The number of nitrogens with one attached hydrogen (secondary N) is 4. The van der Waals surface area contributed by atoms with E-state index in [2.05, 4.69) is 76.7 Å². The summed E-state index contributed by atoms with van der Waals surface area (Å²) in [5.74, 6) is 0.967. The summed E-state index contributed by atoms with van der Waals surface area (Å²) in [7, 11) is 0. The molecule has 0 rings (SSSR count). The van der Waals surface area contributed by atoms with E-state index in [1.807, 2.05) is 13.8 Å². The Morgan fingerprint density at radius 1 is 0.829 bits per heavy atom. The minimum absolute atomic E-state index is 0.0186. The van der Waals surface area contributed by atoms with Gasteiger partial charge in [0.1, 0.15) is 6.23 Å². The van der Waals surface area contributed by atoms with Crippen molar-refractivity contribution in [3.05, 3.63) is 0 Å². The fourth-order valence-electron chi connectivity index (χ4n) is 4.48. The predicted octanol–water partition coefficient (Wildman–Crippen LogP) is 2.50. The summed E-state index contributed by atoms with van der Waals surface area (Å²) >= 11 is 0. The van der Waals surface area contributed by atoms with E-state index in [1.165, 1.54) is 0 Å². The molecule has 35 heavy (non-hydrogen) atoms. The molecule has 1 amide bonds. The Bertz CT molecular complexity index is 548. The van der Waals surface area contributed by atoms with Crippen molar-refractivity contribution in [2.45, 2.75) is 138 Å². The zero-order valence-corrected chi connectivity index (χ0v) is 24.4. The highest BCUT2D eigenvalue weighted by Gasteiger charge is 2.30. The van der Waals surface area contributed by atoms with Crippen LogP contribution in [0.2, 0.25) is 0 Å². The molecule has 8 heteroatoms. The van der Waals surface area contributed by atoms with Gasteiger partial charge in [0.2, 0.25) is 5.91 Å². The van der Waals surface area contributed by atoms with Gasteiger partial charge in [-0.25, -0.2) is 0 Å².